The molecular formula is C10H15N3. The predicted molar refractivity (Wildman–Crippen MR) is 51.3 cm³/mol. The molecule has 2 rings (SSSR count). The third kappa shape index (κ3) is 1.86. The van der Waals surface area contributed by atoms with Crippen molar-refractivity contribution in [3.63, 3.8) is 0 Å². The van der Waals surface area contributed by atoms with E-state index >= 15 is 0 Å². The zero-order valence-electron chi connectivity index (χ0n) is 8.12. The van der Waals surface area contributed by atoms with Crippen molar-refractivity contribution >= 4 is 0 Å². The van der Waals surface area contributed by atoms with Crippen LogP contribution in [0.15, 0.2) is 12.3 Å². The molecule has 70 valence electrons. The van der Waals surface area contributed by atoms with Crippen LogP contribution in [0.3, 0.4) is 0 Å². The molecule has 0 saturated heterocycles. The summed E-state index contributed by atoms with van der Waals surface area (Å²) in [6, 6.07) is 1.97. The van der Waals surface area contributed by atoms with E-state index in [1.54, 1.807) is 0 Å². The molecule has 1 aliphatic rings. The number of aromatic nitrogens is 2. The maximum absolute atomic E-state index is 4.50. The topological polar surface area (TPSA) is 37.8 Å². The van der Waals surface area contributed by atoms with Crippen LogP contribution >= 0.6 is 0 Å². The second kappa shape index (κ2) is 3.42. The Bertz CT molecular complexity index is 298. The Kier molecular flexibility index (Phi) is 2.27. The molecule has 0 amide bonds. The molecule has 3 heteroatoms. The van der Waals surface area contributed by atoms with E-state index < -0.39 is 0 Å². The SMILES string of the molecule is CNCc1ccnc(C2CC2C)n1. The third-order valence-corrected chi connectivity index (χ3v) is 2.53. The van der Waals surface area contributed by atoms with Crippen LogP contribution in [0.4, 0.5) is 0 Å². The first-order valence-corrected chi connectivity index (χ1v) is 4.77. The van der Waals surface area contributed by atoms with Gasteiger partial charge in [0.15, 0.2) is 0 Å². The Morgan fingerprint density at radius 3 is 3.00 bits per heavy atom. The molecule has 1 aromatic heterocycles. The molecule has 1 N–H and O–H groups in total. The lowest BCUT2D eigenvalue weighted by molar-refractivity contribution is 0.757. The van der Waals surface area contributed by atoms with Crippen LogP contribution < -0.4 is 5.32 Å². The smallest absolute Gasteiger partial charge is 0.131 e. The van der Waals surface area contributed by atoms with Crippen molar-refractivity contribution in [3.8, 4) is 0 Å². The zero-order valence-corrected chi connectivity index (χ0v) is 8.12. The molecule has 2 unspecified atom stereocenters. The Morgan fingerprint density at radius 2 is 2.38 bits per heavy atom. The highest BCUT2D eigenvalue weighted by atomic mass is 14.9. The summed E-state index contributed by atoms with van der Waals surface area (Å²) in [5, 5.41) is 3.09. The molecule has 0 aliphatic heterocycles. The van der Waals surface area contributed by atoms with Gasteiger partial charge in [-0.3, -0.25) is 0 Å². The minimum Gasteiger partial charge on any atom is -0.314 e. The second-order valence-electron chi connectivity index (χ2n) is 3.76. The van der Waals surface area contributed by atoms with Gasteiger partial charge in [-0.25, -0.2) is 9.97 Å². The van der Waals surface area contributed by atoms with Gasteiger partial charge in [-0.1, -0.05) is 6.92 Å². The maximum Gasteiger partial charge on any atom is 0.131 e. The van der Waals surface area contributed by atoms with E-state index in [4.69, 9.17) is 0 Å². The average molecular weight is 177 g/mol. The molecule has 1 fully saturated rings. The van der Waals surface area contributed by atoms with Crippen molar-refractivity contribution in [1.82, 2.24) is 15.3 Å². The Labute approximate surface area is 78.6 Å². The minimum atomic E-state index is 0.622. The van der Waals surface area contributed by atoms with E-state index in [0.29, 0.717) is 5.92 Å². The van der Waals surface area contributed by atoms with Crippen molar-refractivity contribution in [1.29, 1.82) is 0 Å². The van der Waals surface area contributed by atoms with Crippen molar-refractivity contribution in [2.75, 3.05) is 7.05 Å². The number of rotatable bonds is 3. The lowest BCUT2D eigenvalue weighted by Gasteiger charge is -2.01. The highest BCUT2D eigenvalue weighted by Gasteiger charge is 2.36. The monoisotopic (exact) mass is 177 g/mol. The third-order valence-electron chi connectivity index (χ3n) is 2.53. The van der Waals surface area contributed by atoms with Crippen LogP contribution in [0.1, 0.15) is 30.8 Å². The van der Waals surface area contributed by atoms with Crippen molar-refractivity contribution in [2.24, 2.45) is 5.92 Å². The predicted octanol–water partition coefficient (Wildman–Crippen LogP) is 1.32. The summed E-state index contributed by atoms with van der Waals surface area (Å²) in [5.74, 6) is 2.43. The lowest BCUT2D eigenvalue weighted by atomic mass is 10.3. The van der Waals surface area contributed by atoms with Gasteiger partial charge >= 0.3 is 0 Å². The highest BCUT2D eigenvalue weighted by molar-refractivity contribution is 5.12. The number of hydrogen-bond acceptors (Lipinski definition) is 3. The summed E-state index contributed by atoms with van der Waals surface area (Å²) in [6.07, 6.45) is 3.11. The van der Waals surface area contributed by atoms with Crippen LogP contribution in [0.25, 0.3) is 0 Å². The molecule has 1 aromatic rings. The first kappa shape index (κ1) is 8.63. The van der Waals surface area contributed by atoms with Crippen molar-refractivity contribution in [3.05, 3.63) is 23.8 Å². The first-order valence-electron chi connectivity index (χ1n) is 4.77. The van der Waals surface area contributed by atoms with Gasteiger partial charge in [0.05, 0.1) is 5.69 Å². The molecule has 0 bridgehead atoms. The standard InChI is InChI=1S/C10H15N3/c1-7-5-9(7)10-12-4-3-8(13-10)6-11-2/h3-4,7,9,11H,5-6H2,1-2H3. The quantitative estimate of drug-likeness (QED) is 0.756. The molecule has 0 aromatic carbocycles. The molecule has 0 spiro atoms. The van der Waals surface area contributed by atoms with E-state index in [-0.39, 0.29) is 0 Å². The fourth-order valence-corrected chi connectivity index (χ4v) is 1.55. The summed E-state index contributed by atoms with van der Waals surface area (Å²) < 4.78 is 0. The molecule has 1 heterocycles. The van der Waals surface area contributed by atoms with Crippen LogP contribution in [0, 0.1) is 5.92 Å². The fourth-order valence-electron chi connectivity index (χ4n) is 1.55. The minimum absolute atomic E-state index is 0.622. The summed E-state index contributed by atoms with van der Waals surface area (Å²) in [4.78, 5) is 8.80. The maximum atomic E-state index is 4.50. The van der Waals surface area contributed by atoms with Gasteiger partial charge < -0.3 is 5.32 Å². The van der Waals surface area contributed by atoms with Crippen molar-refractivity contribution < 1.29 is 0 Å². The summed E-state index contributed by atoms with van der Waals surface area (Å²) in [5.41, 5.74) is 1.09. The summed E-state index contributed by atoms with van der Waals surface area (Å²) in [7, 11) is 1.93. The van der Waals surface area contributed by atoms with Gasteiger partial charge in [-0.05, 0) is 25.5 Å². The highest BCUT2D eigenvalue weighted by Crippen LogP contribution is 2.45. The molecule has 0 radical (unpaired) electrons. The van der Waals surface area contributed by atoms with Crippen LogP contribution in [0.5, 0.6) is 0 Å². The molecular weight excluding hydrogens is 162 g/mol. The van der Waals surface area contributed by atoms with Gasteiger partial charge in [0.25, 0.3) is 0 Å². The molecule has 2 atom stereocenters. The van der Waals surface area contributed by atoms with Crippen LogP contribution in [-0.4, -0.2) is 17.0 Å². The van der Waals surface area contributed by atoms with Crippen LogP contribution in [0.2, 0.25) is 0 Å². The average Bonchev–Trinajstić information content (AvgIpc) is 2.84. The molecule has 3 nitrogen and oxygen atoms in total. The Balaban J connectivity index is 2.13. The first-order chi connectivity index (χ1) is 6.31. The van der Waals surface area contributed by atoms with Gasteiger partial charge in [-0.15, -0.1) is 0 Å². The number of nitrogens with one attached hydrogen (secondary N) is 1. The van der Waals surface area contributed by atoms with E-state index in [2.05, 4.69) is 22.2 Å². The molecule has 13 heavy (non-hydrogen) atoms. The normalized spacial score (nSPS) is 26.0. The fraction of sp³-hybridized carbons (Fsp3) is 0.600. The number of hydrogen-bond donors (Lipinski definition) is 1. The second-order valence-corrected chi connectivity index (χ2v) is 3.76. The summed E-state index contributed by atoms with van der Waals surface area (Å²) >= 11 is 0. The zero-order chi connectivity index (χ0) is 9.26. The van der Waals surface area contributed by atoms with E-state index in [9.17, 15) is 0 Å². The van der Waals surface area contributed by atoms with E-state index in [0.717, 1.165) is 24.0 Å². The molecule has 1 saturated carbocycles. The van der Waals surface area contributed by atoms with Crippen LogP contribution in [-0.2, 0) is 6.54 Å². The van der Waals surface area contributed by atoms with Gasteiger partial charge in [0.2, 0.25) is 0 Å². The van der Waals surface area contributed by atoms with E-state index in [1.165, 1.54) is 6.42 Å². The number of nitrogens with zero attached hydrogens (tertiary/aromatic N) is 2. The van der Waals surface area contributed by atoms with Crippen molar-refractivity contribution in [2.45, 2.75) is 25.8 Å². The van der Waals surface area contributed by atoms with E-state index in [1.807, 2.05) is 19.3 Å². The molecule has 1 aliphatic carbocycles. The lowest BCUT2D eigenvalue weighted by Crippen LogP contribution is -2.08. The van der Waals surface area contributed by atoms with Gasteiger partial charge in [0.1, 0.15) is 5.82 Å². The Morgan fingerprint density at radius 1 is 1.62 bits per heavy atom. The van der Waals surface area contributed by atoms with Gasteiger partial charge in [-0.2, -0.15) is 0 Å². The van der Waals surface area contributed by atoms with Gasteiger partial charge in [0, 0.05) is 18.7 Å². The Hall–Kier alpha value is -0.960. The summed E-state index contributed by atoms with van der Waals surface area (Å²) in [6.45, 7) is 3.08. The largest absolute Gasteiger partial charge is 0.314 e.